The first-order valence-electron chi connectivity index (χ1n) is 12.6. The molecule has 5 rings (SSSR count). The molecule has 1 aromatic heterocycles. The first kappa shape index (κ1) is 29.8. The molecule has 2 N–H and O–H groups in total. The monoisotopic (exact) mass is 728 g/mol. The maximum absolute atomic E-state index is 12.7. The van der Waals surface area contributed by atoms with Gasteiger partial charge in [0.15, 0.2) is 16.6 Å². The molecule has 0 bridgehead atoms. The highest BCUT2D eigenvalue weighted by Gasteiger charge is 2.13. The third-order valence-electron chi connectivity index (χ3n) is 5.99. The smallest absolute Gasteiger partial charge is 0.271 e. The summed E-state index contributed by atoms with van der Waals surface area (Å²) in [5.41, 5.74) is 7.30. The van der Waals surface area contributed by atoms with Crippen molar-refractivity contribution in [2.24, 2.45) is 5.10 Å². The fourth-order valence-electron chi connectivity index (χ4n) is 3.87. The van der Waals surface area contributed by atoms with Crippen molar-refractivity contribution in [2.75, 3.05) is 12.4 Å². The van der Waals surface area contributed by atoms with Crippen LogP contribution in [0.1, 0.15) is 21.5 Å². The summed E-state index contributed by atoms with van der Waals surface area (Å²) in [6, 6.07) is 26.0. The van der Waals surface area contributed by atoms with E-state index in [1.165, 1.54) is 11.3 Å². The first-order valence-corrected chi connectivity index (χ1v) is 15.3. The lowest BCUT2D eigenvalue weighted by Gasteiger charge is -2.14. The first-order chi connectivity index (χ1) is 20.4. The molecule has 0 radical (unpaired) electrons. The van der Waals surface area contributed by atoms with Crippen LogP contribution in [-0.2, 0) is 6.61 Å². The summed E-state index contributed by atoms with van der Waals surface area (Å²) in [5, 5.41) is 11.3. The number of methoxy groups -OCH3 is 1. The van der Waals surface area contributed by atoms with Gasteiger partial charge in [-0.05, 0) is 76.7 Å². The van der Waals surface area contributed by atoms with Crippen LogP contribution in [0.15, 0.2) is 95.4 Å². The van der Waals surface area contributed by atoms with E-state index in [9.17, 15) is 4.79 Å². The van der Waals surface area contributed by atoms with E-state index >= 15 is 0 Å². The largest absolute Gasteiger partial charge is 0.493 e. The van der Waals surface area contributed by atoms with E-state index < -0.39 is 0 Å². The Bertz CT molecular complexity index is 1730. The lowest BCUT2D eigenvalue weighted by Crippen LogP contribution is -2.17. The van der Waals surface area contributed by atoms with Gasteiger partial charge in [-0.1, -0.05) is 59.6 Å². The lowest BCUT2D eigenvalue weighted by atomic mass is 10.1. The van der Waals surface area contributed by atoms with Gasteiger partial charge in [0.25, 0.3) is 5.91 Å². The van der Waals surface area contributed by atoms with Gasteiger partial charge in [0, 0.05) is 37.8 Å². The Kier molecular flexibility index (Phi) is 9.96. The van der Waals surface area contributed by atoms with E-state index in [0.29, 0.717) is 27.1 Å². The van der Waals surface area contributed by atoms with Gasteiger partial charge in [0.1, 0.15) is 6.61 Å². The molecule has 0 saturated carbocycles. The average molecular weight is 729 g/mol. The molecule has 0 saturated heterocycles. The number of anilines is 2. The molecule has 1 heterocycles. The number of thiazole rings is 1. The normalized spacial score (nSPS) is 11.0. The number of nitrogens with one attached hydrogen (secondary N) is 2. The molecule has 0 aliphatic heterocycles. The molecular formula is C31H23Cl2IN4O3S. The molecule has 5 aromatic rings. The molecule has 4 aromatic carbocycles. The number of carbonyl (C=O) groups excluding carboxylic acids is 1. The number of nitrogens with zero attached hydrogens (tertiary/aromatic N) is 2. The fraction of sp³-hybridized carbons (Fsp3) is 0.0645. The Morgan fingerprint density at radius 3 is 2.57 bits per heavy atom. The van der Waals surface area contributed by atoms with Crippen LogP contribution in [0, 0.1) is 3.57 Å². The minimum Gasteiger partial charge on any atom is -0.493 e. The number of halogens is 3. The summed E-state index contributed by atoms with van der Waals surface area (Å²) in [6.45, 7) is 0.249. The molecule has 0 fully saturated rings. The molecule has 0 spiro atoms. The van der Waals surface area contributed by atoms with Crippen LogP contribution < -0.4 is 20.2 Å². The van der Waals surface area contributed by atoms with Crippen molar-refractivity contribution in [3.63, 3.8) is 0 Å². The molecule has 0 unspecified atom stereocenters. The number of rotatable bonds is 10. The molecule has 11 heteroatoms. The highest BCUT2D eigenvalue weighted by molar-refractivity contribution is 14.1. The van der Waals surface area contributed by atoms with Gasteiger partial charge >= 0.3 is 0 Å². The molecule has 0 atom stereocenters. The van der Waals surface area contributed by atoms with Gasteiger partial charge < -0.3 is 14.8 Å². The van der Waals surface area contributed by atoms with E-state index in [4.69, 9.17) is 32.7 Å². The zero-order valence-corrected chi connectivity index (χ0v) is 26.6. The Morgan fingerprint density at radius 1 is 1.05 bits per heavy atom. The third kappa shape index (κ3) is 7.60. The zero-order chi connectivity index (χ0) is 29.5. The Labute approximate surface area is 270 Å². The summed E-state index contributed by atoms with van der Waals surface area (Å²) in [7, 11) is 1.56. The van der Waals surface area contributed by atoms with Crippen molar-refractivity contribution < 1.29 is 14.3 Å². The predicted molar refractivity (Wildman–Crippen MR) is 179 cm³/mol. The number of hydrogen-bond donors (Lipinski definition) is 2. The van der Waals surface area contributed by atoms with E-state index in [2.05, 4.69) is 43.4 Å². The SMILES string of the molecule is COc1cc(/C=N\NC(=O)c2ccc(-c3csc(Nc4ccccc4)n3)cc2)cc(I)c1OCc1ccc(Cl)cc1Cl. The molecule has 7 nitrogen and oxygen atoms in total. The second-order valence-electron chi connectivity index (χ2n) is 8.86. The number of hydrogen-bond acceptors (Lipinski definition) is 7. The van der Waals surface area contributed by atoms with E-state index in [1.54, 1.807) is 43.7 Å². The van der Waals surface area contributed by atoms with Gasteiger partial charge in [0.2, 0.25) is 0 Å². The zero-order valence-electron chi connectivity index (χ0n) is 22.1. The van der Waals surface area contributed by atoms with Crippen molar-refractivity contribution in [2.45, 2.75) is 6.61 Å². The number of aromatic nitrogens is 1. The Morgan fingerprint density at radius 2 is 1.83 bits per heavy atom. The second kappa shape index (κ2) is 14.0. The van der Waals surface area contributed by atoms with Crippen LogP contribution in [0.2, 0.25) is 10.0 Å². The standard InChI is InChI=1S/C31H23Cl2IN4O3S/c1-40-28-14-19(13-26(34)29(28)41-17-22-11-12-23(32)15-25(22)33)16-35-38-30(39)21-9-7-20(8-10-21)27-18-42-31(37-27)36-24-5-3-2-4-6-24/h2-16,18H,17H2,1H3,(H,36,37)(H,38,39)/b35-16-. The molecule has 212 valence electrons. The van der Waals surface area contributed by atoms with Crippen molar-refractivity contribution in [1.82, 2.24) is 10.4 Å². The number of ether oxygens (including phenoxy) is 2. The summed E-state index contributed by atoms with van der Waals surface area (Å²) < 4.78 is 12.4. The van der Waals surface area contributed by atoms with Gasteiger partial charge in [-0.3, -0.25) is 4.79 Å². The van der Waals surface area contributed by atoms with Gasteiger partial charge in [-0.2, -0.15) is 5.10 Å². The van der Waals surface area contributed by atoms with Crippen LogP contribution in [-0.4, -0.2) is 24.2 Å². The highest BCUT2D eigenvalue weighted by atomic mass is 127. The fourth-order valence-corrected chi connectivity index (χ4v) is 5.86. The summed E-state index contributed by atoms with van der Waals surface area (Å²) in [5.74, 6) is 0.775. The van der Waals surface area contributed by atoms with Gasteiger partial charge in [0.05, 0.1) is 22.6 Å². The number of para-hydroxylation sites is 1. The molecule has 0 aliphatic rings. The number of amides is 1. The van der Waals surface area contributed by atoms with Crippen LogP contribution in [0.25, 0.3) is 11.3 Å². The molecule has 1 amide bonds. The van der Waals surface area contributed by atoms with Crippen LogP contribution >= 0.6 is 57.1 Å². The maximum Gasteiger partial charge on any atom is 0.271 e. The van der Waals surface area contributed by atoms with E-state index in [1.807, 2.05) is 60.0 Å². The second-order valence-corrected chi connectivity index (χ2v) is 11.7. The third-order valence-corrected chi connectivity index (χ3v) is 8.14. The average Bonchev–Trinajstić information content (AvgIpc) is 3.46. The van der Waals surface area contributed by atoms with Crippen molar-refractivity contribution in [3.8, 4) is 22.8 Å². The van der Waals surface area contributed by atoms with E-state index in [-0.39, 0.29) is 12.5 Å². The summed E-state index contributed by atoms with van der Waals surface area (Å²) >= 11 is 15.9. The summed E-state index contributed by atoms with van der Waals surface area (Å²) in [6.07, 6.45) is 1.55. The molecule has 42 heavy (non-hydrogen) atoms. The van der Waals surface area contributed by atoms with Gasteiger partial charge in [-0.15, -0.1) is 11.3 Å². The number of carbonyl (C=O) groups is 1. The lowest BCUT2D eigenvalue weighted by molar-refractivity contribution is 0.0955. The van der Waals surface area contributed by atoms with Crippen LogP contribution in [0.5, 0.6) is 11.5 Å². The minimum absolute atomic E-state index is 0.249. The predicted octanol–water partition coefficient (Wildman–Crippen LogP) is 8.82. The highest BCUT2D eigenvalue weighted by Crippen LogP contribution is 2.35. The van der Waals surface area contributed by atoms with Crippen molar-refractivity contribution in [3.05, 3.63) is 121 Å². The van der Waals surface area contributed by atoms with Crippen LogP contribution in [0.4, 0.5) is 10.8 Å². The van der Waals surface area contributed by atoms with Crippen molar-refractivity contribution >= 4 is 80.1 Å². The summed E-state index contributed by atoms with van der Waals surface area (Å²) in [4.78, 5) is 17.3. The van der Waals surface area contributed by atoms with Crippen LogP contribution in [0.3, 0.4) is 0 Å². The minimum atomic E-state index is -0.330. The Balaban J connectivity index is 1.19. The number of hydrazone groups is 1. The Hall–Kier alpha value is -3.64. The topological polar surface area (TPSA) is 84.8 Å². The van der Waals surface area contributed by atoms with Gasteiger partial charge in [-0.25, -0.2) is 10.4 Å². The maximum atomic E-state index is 12.7. The van der Waals surface area contributed by atoms with Crippen molar-refractivity contribution in [1.29, 1.82) is 0 Å². The molecular weight excluding hydrogens is 706 g/mol. The molecule has 0 aliphatic carbocycles. The quantitative estimate of drug-likeness (QED) is 0.0853. The van der Waals surface area contributed by atoms with E-state index in [0.717, 1.165) is 36.8 Å². The number of benzene rings is 4.